The number of allylic oxidation sites excluding steroid dienone is 1. The van der Waals surface area contributed by atoms with Gasteiger partial charge in [-0.05, 0) is 49.9 Å². The summed E-state index contributed by atoms with van der Waals surface area (Å²) in [7, 11) is 0. The number of imidazole rings is 1. The molecule has 0 bridgehead atoms. The number of amides is 1. The molecule has 1 aromatic carbocycles. The second-order valence-electron chi connectivity index (χ2n) is 8.54. The van der Waals surface area contributed by atoms with E-state index in [2.05, 4.69) is 20.3 Å². The molecule has 0 aliphatic carbocycles. The zero-order valence-corrected chi connectivity index (χ0v) is 20.3. The van der Waals surface area contributed by atoms with Crippen LogP contribution in [0.15, 0.2) is 65.9 Å². The van der Waals surface area contributed by atoms with Gasteiger partial charge in [0.25, 0.3) is 0 Å². The van der Waals surface area contributed by atoms with Crippen LogP contribution in [0, 0.1) is 17.5 Å². The second-order valence-corrected chi connectivity index (χ2v) is 8.54. The molecular formula is C26H26F3N7O2. The van der Waals surface area contributed by atoms with E-state index >= 15 is 0 Å². The van der Waals surface area contributed by atoms with Crippen LogP contribution in [0.5, 0.6) is 0 Å². The van der Waals surface area contributed by atoms with Crippen molar-refractivity contribution in [3.8, 4) is 0 Å². The van der Waals surface area contributed by atoms with Gasteiger partial charge in [-0.1, -0.05) is 6.08 Å². The number of unbranched alkanes of at least 4 members (excludes halogenated alkanes) is 1. The van der Waals surface area contributed by atoms with Gasteiger partial charge >= 0.3 is 5.69 Å². The van der Waals surface area contributed by atoms with Crippen molar-refractivity contribution >= 4 is 29.0 Å². The van der Waals surface area contributed by atoms with Gasteiger partial charge in [-0.3, -0.25) is 19.4 Å². The fourth-order valence-electron chi connectivity index (χ4n) is 4.29. The summed E-state index contributed by atoms with van der Waals surface area (Å²) in [6, 6.07) is 8.29. The van der Waals surface area contributed by atoms with Crippen LogP contribution in [0.25, 0.3) is 16.9 Å². The molecule has 38 heavy (non-hydrogen) atoms. The molecule has 1 atom stereocenters. The molecule has 3 aromatic heterocycles. The number of anilines is 1. The summed E-state index contributed by atoms with van der Waals surface area (Å²) in [5.41, 5.74) is 1.76. The quantitative estimate of drug-likeness (QED) is 0.0850. The van der Waals surface area contributed by atoms with Gasteiger partial charge in [0, 0.05) is 48.9 Å². The van der Waals surface area contributed by atoms with E-state index in [1.807, 2.05) is 0 Å². The van der Waals surface area contributed by atoms with Crippen LogP contribution < -0.4 is 21.9 Å². The number of aromatic amines is 1. The van der Waals surface area contributed by atoms with Crippen LogP contribution in [-0.2, 0) is 4.79 Å². The molecule has 1 unspecified atom stereocenters. The fourth-order valence-corrected chi connectivity index (χ4v) is 4.29. The minimum atomic E-state index is -1.58. The van der Waals surface area contributed by atoms with Gasteiger partial charge in [-0.2, -0.15) is 0 Å². The maximum Gasteiger partial charge on any atom is 0.327 e. The number of H-pyrrole nitrogens is 1. The van der Waals surface area contributed by atoms with E-state index in [9.17, 15) is 22.8 Å². The van der Waals surface area contributed by atoms with Gasteiger partial charge in [0.2, 0.25) is 6.41 Å². The molecule has 4 aromatic rings. The first kappa shape index (κ1) is 26.6. The Morgan fingerprint density at radius 2 is 1.92 bits per heavy atom. The summed E-state index contributed by atoms with van der Waals surface area (Å²) < 4.78 is 42.8. The number of benzene rings is 1. The molecule has 12 heteroatoms. The van der Waals surface area contributed by atoms with Crippen molar-refractivity contribution < 1.29 is 18.0 Å². The number of nitrogens with two attached hydrogens (primary N) is 1. The number of aromatic nitrogens is 4. The Hall–Kier alpha value is -4.45. The Morgan fingerprint density at radius 1 is 1.16 bits per heavy atom. The zero-order chi connectivity index (χ0) is 27.1. The van der Waals surface area contributed by atoms with Crippen LogP contribution in [0.4, 0.5) is 18.9 Å². The zero-order valence-electron chi connectivity index (χ0n) is 20.3. The molecule has 1 amide bonds. The Labute approximate surface area is 215 Å². The maximum absolute atomic E-state index is 13.9. The largest absolute Gasteiger partial charge is 0.359 e. The Bertz CT molecular complexity index is 1460. The number of fused-ring (bicyclic) bond motifs is 1. The highest BCUT2D eigenvalue weighted by atomic mass is 19.2. The predicted molar refractivity (Wildman–Crippen MR) is 137 cm³/mol. The van der Waals surface area contributed by atoms with Crippen LogP contribution in [0.3, 0.4) is 0 Å². The number of carbonyl (C=O) groups excluding carboxylic acids is 1. The van der Waals surface area contributed by atoms with Gasteiger partial charge < -0.3 is 10.3 Å². The highest BCUT2D eigenvalue weighted by molar-refractivity contribution is 5.77. The highest BCUT2D eigenvalue weighted by Crippen LogP contribution is 2.28. The third kappa shape index (κ3) is 5.92. The topological polar surface area (TPSA) is 122 Å². The molecule has 198 valence electrons. The van der Waals surface area contributed by atoms with Crippen LogP contribution in [-0.4, -0.2) is 32.5 Å². The van der Waals surface area contributed by atoms with Gasteiger partial charge in [0.1, 0.15) is 0 Å². The summed E-state index contributed by atoms with van der Waals surface area (Å²) in [4.78, 5) is 34.7. The first-order chi connectivity index (χ1) is 18.4. The molecule has 4 rings (SSSR count). The van der Waals surface area contributed by atoms with Crippen molar-refractivity contribution in [3.63, 3.8) is 0 Å². The third-order valence-corrected chi connectivity index (χ3v) is 6.09. The first-order valence-corrected chi connectivity index (χ1v) is 11.9. The lowest BCUT2D eigenvalue weighted by Gasteiger charge is -2.23. The fraction of sp³-hybridized carbons (Fsp3) is 0.231. The van der Waals surface area contributed by atoms with Gasteiger partial charge in [0.15, 0.2) is 23.1 Å². The molecule has 9 nitrogen and oxygen atoms in total. The number of nitrogens with zero attached hydrogens (tertiary/aromatic N) is 4. The average Bonchev–Trinajstić information content (AvgIpc) is 3.26. The minimum absolute atomic E-state index is 0.0780. The van der Waals surface area contributed by atoms with Crippen LogP contribution >= 0.6 is 0 Å². The first-order valence-electron chi connectivity index (χ1n) is 11.9. The summed E-state index contributed by atoms with van der Waals surface area (Å²) in [5, 5.41) is 3.70. The normalized spacial score (nSPS) is 12.5. The number of hydrazine groups is 1. The Balaban J connectivity index is 1.57. The number of hydrogen-bond acceptors (Lipinski definition) is 6. The lowest BCUT2D eigenvalue weighted by atomic mass is 10.0. The van der Waals surface area contributed by atoms with Crippen molar-refractivity contribution in [3.05, 3.63) is 94.6 Å². The van der Waals surface area contributed by atoms with Crippen molar-refractivity contribution in [2.75, 3.05) is 11.6 Å². The average molecular weight is 526 g/mol. The lowest BCUT2D eigenvalue weighted by molar-refractivity contribution is -0.109. The van der Waals surface area contributed by atoms with E-state index in [1.165, 1.54) is 0 Å². The van der Waals surface area contributed by atoms with E-state index in [0.717, 1.165) is 17.1 Å². The van der Waals surface area contributed by atoms with E-state index < -0.39 is 17.5 Å². The van der Waals surface area contributed by atoms with E-state index in [4.69, 9.17) is 5.84 Å². The molecule has 0 radical (unpaired) electrons. The van der Waals surface area contributed by atoms with Gasteiger partial charge in [-0.15, -0.1) is 0 Å². The summed E-state index contributed by atoms with van der Waals surface area (Å²) in [6.45, 7) is 0.370. The smallest absolute Gasteiger partial charge is 0.327 e. The predicted octanol–water partition coefficient (Wildman–Crippen LogP) is 3.81. The number of pyridine rings is 2. The number of carbonyl (C=O) groups is 1. The standard InChI is InChI=1S/C26H26F3N7O2/c27-20-13-19(14-21(28)24(20)29)36(30)23(17-5-3-10-31-15-17)8-2-1-6-18(9-12-32-16-37)35-25-22(34-26(35)38)7-4-11-33-25/h3-5,7-8,10-11,13-16,18H,1-2,6,9,12,30H2,(H,32,37)(H,34,38)/b23-8-. The van der Waals surface area contributed by atoms with Crippen molar-refractivity contribution in [2.24, 2.45) is 5.84 Å². The minimum Gasteiger partial charge on any atom is -0.359 e. The van der Waals surface area contributed by atoms with Crippen molar-refractivity contribution in [2.45, 2.75) is 31.7 Å². The summed E-state index contributed by atoms with van der Waals surface area (Å²) in [6.07, 6.45) is 9.25. The molecule has 0 saturated heterocycles. The monoisotopic (exact) mass is 525 g/mol. The second kappa shape index (κ2) is 12.2. The van der Waals surface area contributed by atoms with E-state index in [0.29, 0.717) is 61.1 Å². The Kier molecular flexibility index (Phi) is 8.54. The molecular weight excluding hydrogens is 499 g/mol. The number of nitrogens with one attached hydrogen (secondary N) is 2. The molecule has 0 saturated carbocycles. The summed E-state index contributed by atoms with van der Waals surface area (Å²) >= 11 is 0. The van der Waals surface area contributed by atoms with Crippen molar-refractivity contribution in [1.82, 2.24) is 24.8 Å². The van der Waals surface area contributed by atoms with Crippen LogP contribution in [0.1, 0.15) is 37.3 Å². The third-order valence-electron chi connectivity index (χ3n) is 6.09. The van der Waals surface area contributed by atoms with Gasteiger partial charge in [-0.25, -0.2) is 28.8 Å². The number of hydrogen-bond donors (Lipinski definition) is 3. The number of halogens is 3. The molecule has 0 aliphatic heterocycles. The van der Waals surface area contributed by atoms with Crippen molar-refractivity contribution in [1.29, 1.82) is 0 Å². The Morgan fingerprint density at radius 3 is 2.63 bits per heavy atom. The molecule has 4 N–H and O–H groups in total. The SMILES string of the molecule is NN(/C(=C\CCCC(CCNC=O)n1c(=O)[nH]c2cccnc21)c1cccnc1)c1cc(F)c(F)c(F)c1. The van der Waals surface area contributed by atoms with E-state index in [1.54, 1.807) is 53.5 Å². The highest BCUT2D eigenvalue weighted by Gasteiger charge is 2.19. The van der Waals surface area contributed by atoms with Crippen LogP contribution in [0.2, 0.25) is 0 Å². The van der Waals surface area contributed by atoms with E-state index in [-0.39, 0.29) is 17.4 Å². The number of rotatable bonds is 12. The molecule has 0 fully saturated rings. The molecule has 0 spiro atoms. The maximum atomic E-state index is 13.9. The molecule has 0 aliphatic rings. The van der Waals surface area contributed by atoms with Gasteiger partial charge in [0.05, 0.1) is 16.9 Å². The summed E-state index contributed by atoms with van der Waals surface area (Å²) in [5.74, 6) is 1.93. The molecule has 3 heterocycles. The lowest BCUT2D eigenvalue weighted by Crippen LogP contribution is -2.29.